The Labute approximate surface area is 245 Å². The first-order valence-electron chi connectivity index (χ1n) is 13.9. The highest BCUT2D eigenvalue weighted by Crippen LogP contribution is 2.34. The first-order valence-corrected chi connectivity index (χ1v) is 14.3. The molecule has 6 rings (SSSR count). The summed E-state index contributed by atoms with van der Waals surface area (Å²) in [7, 11) is 1.91. The van der Waals surface area contributed by atoms with Crippen LogP contribution in [0.4, 0.5) is 40.1 Å². The van der Waals surface area contributed by atoms with E-state index in [1.54, 1.807) is 0 Å². The molecule has 41 heavy (non-hydrogen) atoms. The summed E-state index contributed by atoms with van der Waals surface area (Å²) in [5, 5.41) is 10.9. The molecule has 0 unspecified atom stereocenters. The number of hydrogen-bond acceptors (Lipinski definition) is 9. The molecule has 0 saturated carbocycles. The van der Waals surface area contributed by atoms with Crippen LogP contribution in [0.2, 0.25) is 5.02 Å². The molecule has 0 aliphatic carbocycles. The maximum atomic E-state index is 6.55. The van der Waals surface area contributed by atoms with E-state index in [1.165, 1.54) is 5.69 Å². The Balaban J connectivity index is 1.28. The summed E-state index contributed by atoms with van der Waals surface area (Å²) in [4.78, 5) is 14.2. The second-order valence-corrected chi connectivity index (χ2v) is 10.4. The van der Waals surface area contributed by atoms with Crippen molar-refractivity contribution in [3.63, 3.8) is 0 Å². The van der Waals surface area contributed by atoms with Crippen molar-refractivity contribution < 1.29 is 9.47 Å². The van der Waals surface area contributed by atoms with Gasteiger partial charge in [-0.3, -0.25) is 0 Å². The molecule has 3 heterocycles. The Morgan fingerprint density at radius 1 is 0.756 bits per heavy atom. The summed E-state index contributed by atoms with van der Waals surface area (Å²) in [6.07, 6.45) is 1.82. The summed E-state index contributed by atoms with van der Waals surface area (Å²) in [5.41, 5.74) is 7.57. The molecule has 0 bridgehead atoms. The molecule has 1 aromatic heterocycles. The molecule has 3 N–H and O–H groups in total. The van der Waals surface area contributed by atoms with Crippen LogP contribution < -0.4 is 25.8 Å². The van der Waals surface area contributed by atoms with Crippen LogP contribution in [0.1, 0.15) is 0 Å². The lowest BCUT2D eigenvalue weighted by Crippen LogP contribution is -2.36. The predicted molar refractivity (Wildman–Crippen MR) is 168 cm³/mol. The number of rotatable bonds is 8. The van der Waals surface area contributed by atoms with Gasteiger partial charge in [-0.2, -0.15) is 0 Å². The number of aromatic nitrogens is 2. The second-order valence-electron chi connectivity index (χ2n) is 9.95. The van der Waals surface area contributed by atoms with Gasteiger partial charge >= 0.3 is 0 Å². The Hall–Kier alpha value is -4.05. The number of benzene rings is 3. The largest absolute Gasteiger partial charge is 0.388 e. The van der Waals surface area contributed by atoms with Crippen LogP contribution in [-0.4, -0.2) is 69.6 Å². The Bertz CT molecular complexity index is 1470. The van der Waals surface area contributed by atoms with Crippen LogP contribution in [0.25, 0.3) is 11.3 Å². The monoisotopic (exact) mass is 571 g/mol. The van der Waals surface area contributed by atoms with Gasteiger partial charge in [0.25, 0.3) is 0 Å². The summed E-state index contributed by atoms with van der Waals surface area (Å²) in [6.45, 7) is 6.33. The number of ether oxygens (including phenoxy) is 2. The van der Waals surface area contributed by atoms with Crippen LogP contribution in [0, 0.1) is 0 Å². The molecule has 4 aromatic rings. The number of morpholine rings is 2. The van der Waals surface area contributed by atoms with Crippen molar-refractivity contribution in [1.82, 2.24) is 9.97 Å². The van der Waals surface area contributed by atoms with E-state index in [4.69, 9.17) is 26.1 Å². The van der Waals surface area contributed by atoms with Crippen molar-refractivity contribution >= 4 is 51.7 Å². The maximum absolute atomic E-state index is 6.55. The standard InChI is InChI=1S/C31H34ClN7O2/c1-33-24-4-2-3-22(19-24)30-28(35-23-5-8-26(9-6-23)38-11-15-40-16-12-38)21-34-31(37-30)36-25-7-10-27(32)29(20-25)39-13-17-41-18-14-39/h2-10,19-21,33,35H,11-18H2,1H3,(H,34,36,37). The lowest BCUT2D eigenvalue weighted by Gasteiger charge is -2.30. The van der Waals surface area contributed by atoms with Crippen LogP contribution in [0.15, 0.2) is 72.9 Å². The van der Waals surface area contributed by atoms with E-state index in [2.05, 4.69) is 67.1 Å². The highest BCUT2D eigenvalue weighted by atomic mass is 35.5. The fraction of sp³-hybridized carbons (Fsp3) is 0.290. The molecule has 3 aromatic carbocycles. The summed E-state index contributed by atoms with van der Waals surface area (Å²) in [5.74, 6) is 0.498. The minimum atomic E-state index is 0.498. The Morgan fingerprint density at radius 2 is 1.46 bits per heavy atom. The van der Waals surface area contributed by atoms with Gasteiger partial charge in [0.1, 0.15) is 0 Å². The van der Waals surface area contributed by atoms with Crippen molar-refractivity contribution in [2.75, 3.05) is 85.4 Å². The fourth-order valence-electron chi connectivity index (χ4n) is 5.07. The average Bonchev–Trinajstić information content (AvgIpc) is 3.04. The third-order valence-corrected chi connectivity index (χ3v) is 7.61. The zero-order valence-electron chi connectivity index (χ0n) is 23.1. The zero-order valence-corrected chi connectivity index (χ0v) is 23.8. The van der Waals surface area contributed by atoms with Crippen molar-refractivity contribution in [3.8, 4) is 11.3 Å². The minimum absolute atomic E-state index is 0.498. The quantitative estimate of drug-likeness (QED) is 0.236. The lowest BCUT2D eigenvalue weighted by molar-refractivity contribution is 0.122. The highest BCUT2D eigenvalue weighted by Gasteiger charge is 2.17. The van der Waals surface area contributed by atoms with Crippen molar-refractivity contribution in [3.05, 3.63) is 77.9 Å². The van der Waals surface area contributed by atoms with Crippen molar-refractivity contribution in [2.45, 2.75) is 0 Å². The van der Waals surface area contributed by atoms with Crippen molar-refractivity contribution in [2.24, 2.45) is 0 Å². The van der Waals surface area contributed by atoms with E-state index in [0.717, 1.165) is 79.1 Å². The van der Waals surface area contributed by atoms with Crippen LogP contribution in [-0.2, 0) is 9.47 Å². The third kappa shape index (κ3) is 6.48. The summed E-state index contributed by atoms with van der Waals surface area (Å²) >= 11 is 6.55. The van der Waals surface area contributed by atoms with Gasteiger partial charge in [-0.1, -0.05) is 23.7 Å². The lowest BCUT2D eigenvalue weighted by atomic mass is 10.1. The molecule has 0 atom stereocenters. The van der Waals surface area contributed by atoms with E-state index in [9.17, 15) is 0 Å². The van der Waals surface area contributed by atoms with E-state index in [1.807, 2.05) is 43.6 Å². The average molecular weight is 572 g/mol. The van der Waals surface area contributed by atoms with Gasteiger partial charge < -0.3 is 35.2 Å². The van der Waals surface area contributed by atoms with Crippen LogP contribution in [0.3, 0.4) is 0 Å². The zero-order chi connectivity index (χ0) is 28.0. The smallest absolute Gasteiger partial charge is 0.227 e. The summed E-state index contributed by atoms with van der Waals surface area (Å²) < 4.78 is 11.0. The van der Waals surface area contributed by atoms with E-state index in [-0.39, 0.29) is 0 Å². The van der Waals surface area contributed by atoms with Gasteiger partial charge in [-0.05, 0) is 54.6 Å². The van der Waals surface area contributed by atoms with Crippen LogP contribution in [0.5, 0.6) is 0 Å². The van der Waals surface area contributed by atoms with Gasteiger partial charge in [-0.25, -0.2) is 9.97 Å². The number of halogens is 1. The van der Waals surface area contributed by atoms with Gasteiger partial charge in [0, 0.05) is 61.5 Å². The van der Waals surface area contributed by atoms with Gasteiger partial charge in [-0.15, -0.1) is 0 Å². The predicted octanol–water partition coefficient (Wildman–Crippen LogP) is 6.00. The molecule has 0 radical (unpaired) electrons. The first-order chi connectivity index (χ1) is 20.2. The fourth-order valence-corrected chi connectivity index (χ4v) is 5.31. The maximum Gasteiger partial charge on any atom is 0.227 e. The van der Waals surface area contributed by atoms with Gasteiger partial charge in [0.05, 0.1) is 54.7 Å². The number of hydrogen-bond donors (Lipinski definition) is 3. The molecule has 0 amide bonds. The minimum Gasteiger partial charge on any atom is -0.388 e. The van der Waals surface area contributed by atoms with E-state index in [0.29, 0.717) is 24.2 Å². The molecular formula is C31H34ClN7O2. The van der Waals surface area contributed by atoms with Gasteiger partial charge in [0.2, 0.25) is 5.95 Å². The van der Waals surface area contributed by atoms with E-state index >= 15 is 0 Å². The Morgan fingerprint density at radius 3 is 2.20 bits per heavy atom. The Kier molecular flexibility index (Phi) is 8.36. The molecule has 10 heteroatoms. The molecule has 2 aliphatic rings. The summed E-state index contributed by atoms with van der Waals surface area (Å²) in [6, 6.07) is 22.5. The second kappa shape index (κ2) is 12.6. The third-order valence-electron chi connectivity index (χ3n) is 7.29. The molecule has 9 nitrogen and oxygen atoms in total. The SMILES string of the molecule is CNc1cccc(-c2nc(Nc3ccc(Cl)c(N4CCOCC4)c3)ncc2Nc2ccc(N3CCOCC3)cc2)c1. The first kappa shape index (κ1) is 27.1. The van der Waals surface area contributed by atoms with E-state index < -0.39 is 0 Å². The van der Waals surface area contributed by atoms with Crippen molar-refractivity contribution in [1.29, 1.82) is 0 Å². The number of nitrogens with one attached hydrogen (secondary N) is 3. The molecule has 2 aliphatic heterocycles. The molecule has 2 saturated heterocycles. The normalized spacial score (nSPS) is 15.5. The number of anilines is 7. The van der Waals surface area contributed by atoms with Gasteiger partial charge in [0.15, 0.2) is 0 Å². The van der Waals surface area contributed by atoms with Crippen LogP contribution >= 0.6 is 11.6 Å². The molecule has 212 valence electrons. The topological polar surface area (TPSA) is 86.8 Å². The highest BCUT2D eigenvalue weighted by molar-refractivity contribution is 6.33. The number of nitrogens with zero attached hydrogens (tertiary/aromatic N) is 4. The molecule has 0 spiro atoms. The molecular weight excluding hydrogens is 538 g/mol. The molecule has 2 fully saturated rings.